The summed E-state index contributed by atoms with van der Waals surface area (Å²) < 4.78 is 1.80. The zero-order valence-electron chi connectivity index (χ0n) is 18.1. The highest BCUT2D eigenvalue weighted by Crippen LogP contribution is 2.24. The van der Waals surface area contributed by atoms with Crippen molar-refractivity contribution in [1.29, 1.82) is 0 Å². The topological polar surface area (TPSA) is 70.5 Å². The average molecular weight is 410 g/mol. The van der Waals surface area contributed by atoms with Crippen LogP contribution in [-0.4, -0.2) is 57.7 Å². The van der Waals surface area contributed by atoms with Gasteiger partial charge in [-0.15, -0.1) is 0 Å². The summed E-state index contributed by atoms with van der Waals surface area (Å²) in [5, 5.41) is 7.67. The Morgan fingerprint density at radius 3 is 2.13 bits per heavy atom. The van der Waals surface area contributed by atoms with E-state index in [2.05, 4.69) is 42.5 Å². The first kappa shape index (κ1) is 20.4. The number of hydrogen-bond donors (Lipinski definition) is 1. The number of piperidine rings is 1. The van der Waals surface area contributed by atoms with Gasteiger partial charge in [0.15, 0.2) is 0 Å². The molecule has 0 radical (unpaired) electrons. The van der Waals surface area contributed by atoms with Gasteiger partial charge in [0, 0.05) is 38.2 Å². The van der Waals surface area contributed by atoms with Crippen molar-refractivity contribution in [3.8, 4) is 5.69 Å². The van der Waals surface area contributed by atoms with Gasteiger partial charge in [-0.2, -0.15) is 5.10 Å². The van der Waals surface area contributed by atoms with Gasteiger partial charge in [-0.05, 0) is 69.7 Å². The van der Waals surface area contributed by atoms with E-state index in [1.54, 1.807) is 4.68 Å². The summed E-state index contributed by atoms with van der Waals surface area (Å²) in [6, 6.07) is 8.29. The summed E-state index contributed by atoms with van der Waals surface area (Å²) in [7, 11) is 0. The lowest BCUT2D eigenvalue weighted by Crippen LogP contribution is -2.47. The van der Waals surface area contributed by atoms with E-state index >= 15 is 0 Å². The van der Waals surface area contributed by atoms with E-state index in [0.717, 1.165) is 48.4 Å². The molecule has 160 valence electrons. The number of hydrogen-bond acceptors (Lipinski definition) is 3. The molecule has 0 saturated carbocycles. The molecule has 2 saturated heterocycles. The highest BCUT2D eigenvalue weighted by atomic mass is 16.2. The van der Waals surface area contributed by atoms with E-state index in [1.807, 2.05) is 22.8 Å². The van der Waals surface area contributed by atoms with Gasteiger partial charge in [0.25, 0.3) is 0 Å². The second kappa shape index (κ2) is 8.50. The predicted octanol–water partition coefficient (Wildman–Crippen LogP) is 3.66. The Bertz CT molecular complexity index is 917. The van der Waals surface area contributed by atoms with E-state index < -0.39 is 0 Å². The zero-order chi connectivity index (χ0) is 21.3. The molecule has 2 aliphatic rings. The van der Waals surface area contributed by atoms with Crippen LogP contribution in [0.25, 0.3) is 5.69 Å². The molecule has 0 aliphatic carbocycles. The van der Waals surface area contributed by atoms with Crippen molar-refractivity contribution in [3.05, 3.63) is 41.1 Å². The van der Waals surface area contributed by atoms with Gasteiger partial charge in [-0.1, -0.05) is 6.07 Å². The van der Waals surface area contributed by atoms with Crippen molar-refractivity contribution in [2.24, 2.45) is 5.92 Å². The van der Waals surface area contributed by atoms with Crippen LogP contribution in [0.3, 0.4) is 0 Å². The van der Waals surface area contributed by atoms with E-state index in [0.29, 0.717) is 31.7 Å². The molecule has 2 fully saturated rings. The van der Waals surface area contributed by atoms with Crippen LogP contribution in [0.4, 0.5) is 10.6 Å². The second-order valence-corrected chi connectivity index (χ2v) is 8.66. The highest BCUT2D eigenvalue weighted by Gasteiger charge is 2.30. The van der Waals surface area contributed by atoms with E-state index in [1.165, 1.54) is 0 Å². The lowest BCUT2D eigenvalue weighted by Gasteiger charge is -2.34. The minimum absolute atomic E-state index is 0.00814. The first-order valence-electron chi connectivity index (χ1n) is 10.9. The molecule has 1 aromatic carbocycles. The predicted molar refractivity (Wildman–Crippen MR) is 117 cm³/mol. The van der Waals surface area contributed by atoms with Gasteiger partial charge < -0.3 is 15.1 Å². The Hall–Kier alpha value is -2.83. The zero-order valence-corrected chi connectivity index (χ0v) is 18.1. The minimum Gasteiger partial charge on any atom is -0.325 e. The number of carbonyl (C=O) groups excluding carboxylic acids is 2. The lowest BCUT2D eigenvalue weighted by molar-refractivity contribution is -0.121. The molecular weight excluding hydrogens is 378 g/mol. The number of amides is 3. The largest absolute Gasteiger partial charge is 0.325 e. The Morgan fingerprint density at radius 1 is 0.900 bits per heavy atom. The maximum absolute atomic E-state index is 13.0. The number of nitrogens with zero attached hydrogens (tertiary/aromatic N) is 4. The first-order valence-corrected chi connectivity index (χ1v) is 10.9. The molecule has 7 heteroatoms. The molecule has 7 nitrogen and oxygen atoms in total. The standard InChI is InChI=1S/C23H31N5O2/c1-16-12-17(2)14-20(13-16)28-21(15-18(3)25-28)24-22(29)19-6-10-27(11-7-19)23(30)26-8-4-5-9-26/h12-15,19H,4-11H2,1-3H3,(H,24,29). The number of likely N-dealkylation sites (tertiary alicyclic amines) is 2. The fourth-order valence-electron chi connectivity index (χ4n) is 4.53. The van der Waals surface area contributed by atoms with Crippen molar-refractivity contribution >= 4 is 17.8 Å². The van der Waals surface area contributed by atoms with Crippen molar-refractivity contribution in [2.75, 3.05) is 31.5 Å². The van der Waals surface area contributed by atoms with Crippen LogP contribution in [0.2, 0.25) is 0 Å². The molecule has 2 aliphatic heterocycles. The molecule has 30 heavy (non-hydrogen) atoms. The van der Waals surface area contributed by atoms with Gasteiger partial charge in [-0.25, -0.2) is 9.48 Å². The highest BCUT2D eigenvalue weighted by molar-refractivity contribution is 5.92. The molecule has 0 atom stereocenters. The molecule has 2 aromatic rings. The number of anilines is 1. The van der Waals surface area contributed by atoms with Crippen LogP contribution < -0.4 is 5.32 Å². The van der Waals surface area contributed by atoms with Gasteiger partial charge >= 0.3 is 6.03 Å². The molecule has 0 bridgehead atoms. The Balaban J connectivity index is 1.41. The molecule has 0 unspecified atom stereocenters. The summed E-state index contributed by atoms with van der Waals surface area (Å²) in [5.41, 5.74) is 4.12. The maximum Gasteiger partial charge on any atom is 0.319 e. The number of urea groups is 1. The number of benzene rings is 1. The molecule has 1 aromatic heterocycles. The van der Waals surface area contributed by atoms with Crippen molar-refractivity contribution in [3.63, 3.8) is 0 Å². The minimum atomic E-state index is -0.0875. The molecule has 3 amide bonds. The summed E-state index contributed by atoms with van der Waals surface area (Å²) >= 11 is 0. The molecule has 0 spiro atoms. The Kier molecular flexibility index (Phi) is 5.79. The number of nitrogens with one attached hydrogen (secondary N) is 1. The van der Waals surface area contributed by atoms with E-state index in [9.17, 15) is 9.59 Å². The average Bonchev–Trinajstić information content (AvgIpc) is 3.37. The van der Waals surface area contributed by atoms with Gasteiger partial charge in [0.2, 0.25) is 5.91 Å². The van der Waals surface area contributed by atoms with Crippen molar-refractivity contribution in [2.45, 2.75) is 46.5 Å². The molecule has 3 heterocycles. The van der Waals surface area contributed by atoms with E-state index in [-0.39, 0.29) is 17.9 Å². The number of rotatable bonds is 3. The summed E-state index contributed by atoms with van der Waals surface area (Å²) in [5.74, 6) is 0.613. The van der Waals surface area contributed by atoms with Crippen LogP contribution in [0, 0.1) is 26.7 Å². The Labute approximate surface area is 178 Å². The van der Waals surface area contributed by atoms with Gasteiger partial charge in [0.1, 0.15) is 5.82 Å². The monoisotopic (exact) mass is 409 g/mol. The SMILES string of the molecule is Cc1cc(C)cc(-n2nc(C)cc2NC(=O)C2CCN(C(=O)N3CCCC3)CC2)c1. The molecule has 4 rings (SSSR count). The van der Waals surface area contributed by atoms with Gasteiger partial charge in [-0.3, -0.25) is 4.79 Å². The van der Waals surface area contributed by atoms with Crippen LogP contribution in [-0.2, 0) is 4.79 Å². The summed E-state index contributed by atoms with van der Waals surface area (Å²) in [4.78, 5) is 29.4. The van der Waals surface area contributed by atoms with Crippen molar-refractivity contribution in [1.82, 2.24) is 19.6 Å². The third-order valence-corrected chi connectivity index (χ3v) is 6.05. The molecule has 1 N–H and O–H groups in total. The third-order valence-electron chi connectivity index (χ3n) is 6.05. The number of aromatic nitrogens is 2. The summed E-state index contributed by atoms with van der Waals surface area (Å²) in [6.45, 7) is 9.05. The second-order valence-electron chi connectivity index (χ2n) is 8.66. The van der Waals surface area contributed by atoms with Crippen LogP contribution in [0.15, 0.2) is 24.3 Å². The first-order chi connectivity index (χ1) is 14.4. The summed E-state index contributed by atoms with van der Waals surface area (Å²) in [6.07, 6.45) is 3.58. The maximum atomic E-state index is 13.0. The van der Waals surface area contributed by atoms with Crippen LogP contribution in [0.5, 0.6) is 0 Å². The third kappa shape index (κ3) is 4.35. The Morgan fingerprint density at radius 2 is 1.50 bits per heavy atom. The number of aryl methyl sites for hydroxylation is 3. The normalized spacial score (nSPS) is 17.4. The quantitative estimate of drug-likeness (QED) is 0.841. The van der Waals surface area contributed by atoms with Gasteiger partial charge in [0.05, 0.1) is 11.4 Å². The van der Waals surface area contributed by atoms with Crippen LogP contribution in [0.1, 0.15) is 42.5 Å². The fourth-order valence-corrected chi connectivity index (χ4v) is 4.53. The van der Waals surface area contributed by atoms with E-state index in [4.69, 9.17) is 0 Å². The number of carbonyl (C=O) groups is 2. The van der Waals surface area contributed by atoms with Crippen LogP contribution >= 0.6 is 0 Å². The molecular formula is C23H31N5O2. The smallest absolute Gasteiger partial charge is 0.319 e. The fraction of sp³-hybridized carbons (Fsp3) is 0.522. The van der Waals surface area contributed by atoms with Crippen molar-refractivity contribution < 1.29 is 9.59 Å². The lowest BCUT2D eigenvalue weighted by atomic mass is 9.96.